The van der Waals surface area contributed by atoms with E-state index in [1.165, 1.54) is 17.8 Å². The van der Waals surface area contributed by atoms with Crippen LogP contribution in [-0.2, 0) is 0 Å². The summed E-state index contributed by atoms with van der Waals surface area (Å²) in [7, 11) is 4.44. The lowest BCUT2D eigenvalue weighted by Gasteiger charge is -2.47. The second kappa shape index (κ2) is 6.14. The van der Waals surface area contributed by atoms with Gasteiger partial charge in [0.15, 0.2) is 5.13 Å². The molecule has 0 saturated carbocycles. The third kappa shape index (κ3) is 2.98. The van der Waals surface area contributed by atoms with Crippen molar-refractivity contribution in [1.82, 2.24) is 19.7 Å². The van der Waals surface area contributed by atoms with Crippen LogP contribution >= 0.6 is 11.3 Å². The van der Waals surface area contributed by atoms with Crippen molar-refractivity contribution in [3.63, 3.8) is 0 Å². The number of rotatable bonds is 1. The van der Waals surface area contributed by atoms with Crippen molar-refractivity contribution in [2.75, 3.05) is 52.6 Å². The Labute approximate surface area is 135 Å². The predicted octanol–water partition coefficient (Wildman–Crippen LogP) is 0.967. The summed E-state index contributed by atoms with van der Waals surface area (Å²) < 4.78 is 0. The Morgan fingerprint density at radius 2 is 2.00 bits per heavy atom. The highest BCUT2D eigenvalue weighted by atomic mass is 32.1. The molecule has 2 N–H and O–H groups in total. The number of thiazole rings is 1. The number of nitrogens with zero attached hydrogens (tertiary/aromatic N) is 4. The van der Waals surface area contributed by atoms with Crippen LogP contribution in [0.25, 0.3) is 0 Å². The van der Waals surface area contributed by atoms with E-state index >= 15 is 0 Å². The van der Waals surface area contributed by atoms with Gasteiger partial charge in [-0.2, -0.15) is 0 Å². The summed E-state index contributed by atoms with van der Waals surface area (Å²) in [6.45, 7) is 4.99. The highest BCUT2D eigenvalue weighted by Gasteiger charge is 2.41. The molecule has 0 aliphatic carbocycles. The highest BCUT2D eigenvalue weighted by molar-refractivity contribution is 7.13. The number of hydrogen-bond acceptors (Lipinski definition) is 6. The first-order valence-electron chi connectivity index (χ1n) is 7.90. The molecule has 0 radical (unpaired) electrons. The fourth-order valence-corrected chi connectivity index (χ4v) is 4.27. The van der Waals surface area contributed by atoms with Gasteiger partial charge < -0.3 is 15.5 Å². The number of nitrogens with two attached hydrogens (primary N) is 1. The van der Waals surface area contributed by atoms with Crippen LogP contribution in [0.5, 0.6) is 0 Å². The van der Waals surface area contributed by atoms with Crippen LogP contribution in [0.15, 0.2) is 5.38 Å². The highest BCUT2D eigenvalue weighted by Crippen LogP contribution is 2.31. The van der Waals surface area contributed by atoms with Crippen LogP contribution in [-0.4, -0.2) is 77.9 Å². The molecule has 1 aromatic rings. The van der Waals surface area contributed by atoms with Crippen molar-refractivity contribution in [3.8, 4) is 0 Å². The van der Waals surface area contributed by atoms with Gasteiger partial charge in [0.05, 0.1) is 0 Å². The Bertz CT molecular complexity index is 538. The van der Waals surface area contributed by atoms with Crippen molar-refractivity contribution in [3.05, 3.63) is 11.1 Å². The molecule has 0 aromatic carbocycles. The molecule has 0 unspecified atom stereocenters. The van der Waals surface area contributed by atoms with E-state index in [1.807, 2.05) is 4.90 Å². The SMILES string of the molecule is CN1CCCN(C)C2(CCN(C(=O)c3csc(N)n3)CC2)C1. The Morgan fingerprint density at radius 3 is 2.64 bits per heavy atom. The van der Waals surface area contributed by atoms with Gasteiger partial charge in [-0.05, 0) is 46.4 Å². The zero-order valence-corrected chi connectivity index (χ0v) is 14.2. The Morgan fingerprint density at radius 1 is 1.27 bits per heavy atom. The number of carbonyl (C=O) groups excluding carboxylic acids is 1. The second-order valence-electron chi connectivity index (χ2n) is 6.60. The topological polar surface area (TPSA) is 65.7 Å². The van der Waals surface area contributed by atoms with Gasteiger partial charge in [-0.1, -0.05) is 0 Å². The van der Waals surface area contributed by atoms with Gasteiger partial charge in [0.25, 0.3) is 5.91 Å². The molecule has 2 saturated heterocycles. The molecular formula is C15H25N5OS. The van der Waals surface area contributed by atoms with Crippen LogP contribution in [0.4, 0.5) is 5.13 Å². The average molecular weight is 323 g/mol. The number of likely N-dealkylation sites (tertiary alicyclic amines) is 1. The van der Waals surface area contributed by atoms with Gasteiger partial charge in [-0.3, -0.25) is 9.69 Å². The molecule has 22 heavy (non-hydrogen) atoms. The molecule has 1 amide bonds. The molecule has 1 aromatic heterocycles. The minimum absolute atomic E-state index is 0.0208. The first-order chi connectivity index (χ1) is 10.5. The molecule has 6 nitrogen and oxygen atoms in total. The molecule has 2 aliphatic heterocycles. The van der Waals surface area contributed by atoms with E-state index in [9.17, 15) is 4.79 Å². The van der Waals surface area contributed by atoms with Crippen LogP contribution < -0.4 is 5.73 Å². The maximum absolute atomic E-state index is 12.5. The Hall–Kier alpha value is -1.18. The molecule has 2 aliphatic rings. The summed E-state index contributed by atoms with van der Waals surface area (Å²) in [5.41, 5.74) is 6.34. The number of piperidine rings is 1. The first kappa shape index (κ1) is 15.7. The van der Waals surface area contributed by atoms with Crippen molar-refractivity contribution < 1.29 is 4.79 Å². The molecule has 1 spiro atoms. The van der Waals surface area contributed by atoms with Crippen molar-refractivity contribution in [2.45, 2.75) is 24.8 Å². The maximum Gasteiger partial charge on any atom is 0.273 e. The molecule has 3 heterocycles. The van der Waals surface area contributed by atoms with Crippen LogP contribution in [0.1, 0.15) is 29.8 Å². The summed E-state index contributed by atoms with van der Waals surface area (Å²) in [5.74, 6) is 0.0208. The van der Waals surface area contributed by atoms with Crippen molar-refractivity contribution in [2.24, 2.45) is 0 Å². The molecule has 0 atom stereocenters. The number of likely N-dealkylation sites (N-methyl/N-ethyl adjacent to an activating group) is 2. The molecular weight excluding hydrogens is 298 g/mol. The van der Waals surface area contributed by atoms with Gasteiger partial charge in [0.1, 0.15) is 5.69 Å². The number of nitrogen functional groups attached to an aromatic ring is 1. The number of aromatic nitrogens is 1. The van der Waals surface area contributed by atoms with E-state index in [2.05, 4.69) is 28.9 Å². The summed E-state index contributed by atoms with van der Waals surface area (Å²) in [5, 5.41) is 2.22. The normalized spacial score (nSPS) is 23.6. The van der Waals surface area contributed by atoms with E-state index in [4.69, 9.17) is 5.73 Å². The van der Waals surface area contributed by atoms with Crippen molar-refractivity contribution >= 4 is 22.4 Å². The van der Waals surface area contributed by atoms with E-state index < -0.39 is 0 Å². The molecule has 2 fully saturated rings. The monoisotopic (exact) mass is 323 g/mol. The predicted molar refractivity (Wildman–Crippen MR) is 89.1 cm³/mol. The zero-order chi connectivity index (χ0) is 15.7. The van der Waals surface area contributed by atoms with Gasteiger partial charge in [-0.25, -0.2) is 4.98 Å². The molecule has 122 valence electrons. The largest absolute Gasteiger partial charge is 0.375 e. The Balaban J connectivity index is 1.67. The van der Waals surface area contributed by atoms with E-state index in [-0.39, 0.29) is 11.4 Å². The standard InChI is InChI=1S/C15H25N5OS/c1-18-6-3-7-19(2)15(11-18)4-8-20(9-5-15)13(21)12-10-22-14(16)17-12/h10H,3-9,11H2,1-2H3,(H2,16,17). The average Bonchev–Trinajstić information content (AvgIpc) is 2.88. The van der Waals surface area contributed by atoms with E-state index in [0.717, 1.165) is 45.6 Å². The number of amides is 1. The summed E-state index contributed by atoms with van der Waals surface area (Å²) in [6, 6.07) is 0. The van der Waals surface area contributed by atoms with E-state index in [1.54, 1.807) is 5.38 Å². The van der Waals surface area contributed by atoms with Crippen LogP contribution in [0, 0.1) is 0 Å². The van der Waals surface area contributed by atoms with Gasteiger partial charge >= 0.3 is 0 Å². The quantitative estimate of drug-likeness (QED) is 0.834. The lowest BCUT2D eigenvalue weighted by molar-refractivity contribution is 0.0279. The van der Waals surface area contributed by atoms with Crippen molar-refractivity contribution in [1.29, 1.82) is 0 Å². The fraction of sp³-hybridized carbons (Fsp3) is 0.733. The maximum atomic E-state index is 12.5. The third-order valence-corrected chi connectivity index (χ3v) is 5.80. The second-order valence-corrected chi connectivity index (χ2v) is 7.49. The van der Waals surface area contributed by atoms with Crippen LogP contribution in [0.3, 0.4) is 0 Å². The van der Waals surface area contributed by atoms with E-state index in [0.29, 0.717) is 10.8 Å². The first-order valence-corrected chi connectivity index (χ1v) is 8.78. The van der Waals surface area contributed by atoms with Gasteiger partial charge in [0, 0.05) is 30.6 Å². The number of carbonyl (C=O) groups is 1. The number of anilines is 1. The minimum atomic E-state index is 0.0208. The minimum Gasteiger partial charge on any atom is -0.375 e. The summed E-state index contributed by atoms with van der Waals surface area (Å²) in [6.07, 6.45) is 3.27. The molecule has 7 heteroatoms. The molecule has 0 bridgehead atoms. The summed E-state index contributed by atoms with van der Waals surface area (Å²) in [4.78, 5) is 23.5. The fourth-order valence-electron chi connectivity index (χ4n) is 3.73. The lowest BCUT2D eigenvalue weighted by Crippen LogP contribution is -2.58. The summed E-state index contributed by atoms with van der Waals surface area (Å²) >= 11 is 1.33. The molecule has 3 rings (SSSR count). The Kier molecular flexibility index (Phi) is 4.38. The number of hydrogen-bond donors (Lipinski definition) is 1. The smallest absolute Gasteiger partial charge is 0.273 e. The lowest BCUT2D eigenvalue weighted by atomic mass is 9.85. The van der Waals surface area contributed by atoms with Crippen LogP contribution in [0.2, 0.25) is 0 Å². The zero-order valence-electron chi connectivity index (χ0n) is 13.4. The third-order valence-electron chi connectivity index (χ3n) is 5.13. The van der Waals surface area contributed by atoms with Gasteiger partial charge in [-0.15, -0.1) is 11.3 Å². The van der Waals surface area contributed by atoms with Gasteiger partial charge in [0.2, 0.25) is 0 Å².